The second-order valence-corrected chi connectivity index (χ2v) is 6.29. The molecule has 0 saturated carbocycles. The topological polar surface area (TPSA) is 12.0 Å². The molecule has 5 heteroatoms. The lowest BCUT2D eigenvalue weighted by atomic mass is 10.1. The number of benzene rings is 1. The number of hydrogen-bond donors (Lipinski definition) is 1. The molecule has 1 atom stereocenters. The molecule has 0 bridgehead atoms. The molecule has 1 N–H and O–H groups in total. The van der Waals surface area contributed by atoms with Crippen LogP contribution in [0.1, 0.15) is 24.1 Å². The summed E-state index contributed by atoms with van der Waals surface area (Å²) < 4.78 is 14.1. The third kappa shape index (κ3) is 3.45. The zero-order valence-electron chi connectivity index (χ0n) is 9.71. The molecular formula is C13H12Cl2FNS. The lowest BCUT2D eigenvalue weighted by molar-refractivity contribution is 0.574. The fourth-order valence-corrected chi connectivity index (χ4v) is 3.28. The lowest BCUT2D eigenvalue weighted by Crippen LogP contribution is -2.17. The Morgan fingerprint density at radius 2 is 1.94 bits per heavy atom. The number of thiophene rings is 1. The highest BCUT2D eigenvalue weighted by Gasteiger charge is 2.12. The third-order valence-corrected chi connectivity index (χ3v) is 4.19. The number of nitrogens with one attached hydrogen (secondary N) is 1. The molecule has 0 amide bonds. The predicted molar refractivity (Wildman–Crippen MR) is 76.0 cm³/mol. The smallest absolute Gasteiger partial charge is 0.123 e. The van der Waals surface area contributed by atoms with E-state index in [1.807, 2.05) is 13.0 Å². The summed E-state index contributed by atoms with van der Waals surface area (Å²) in [5.74, 6) is -0.223. The van der Waals surface area contributed by atoms with Gasteiger partial charge in [-0.1, -0.05) is 35.3 Å². The molecule has 0 aliphatic carbocycles. The second kappa shape index (κ2) is 6.02. The molecule has 1 unspecified atom stereocenters. The molecule has 0 aliphatic heterocycles. The minimum absolute atomic E-state index is 0.103. The summed E-state index contributed by atoms with van der Waals surface area (Å²) in [7, 11) is 0. The van der Waals surface area contributed by atoms with Crippen LogP contribution >= 0.6 is 34.5 Å². The van der Waals surface area contributed by atoms with Crippen LogP contribution in [0.15, 0.2) is 30.3 Å². The van der Waals surface area contributed by atoms with E-state index in [9.17, 15) is 4.39 Å². The molecule has 1 heterocycles. The van der Waals surface area contributed by atoms with Gasteiger partial charge >= 0.3 is 0 Å². The average Bonchev–Trinajstić information content (AvgIpc) is 2.67. The van der Waals surface area contributed by atoms with Gasteiger partial charge in [0.05, 0.1) is 8.67 Å². The van der Waals surface area contributed by atoms with Crippen molar-refractivity contribution >= 4 is 34.5 Å². The standard InChI is InChI=1S/C13H12Cl2FNS/c1-8(11-6-12(14)18-13(11)15)17-7-9-2-4-10(16)5-3-9/h2-6,8,17H,7H2,1H3. The molecule has 2 aromatic rings. The zero-order valence-corrected chi connectivity index (χ0v) is 12.0. The van der Waals surface area contributed by atoms with Crippen LogP contribution in [0, 0.1) is 5.82 Å². The van der Waals surface area contributed by atoms with E-state index in [1.165, 1.54) is 23.5 Å². The van der Waals surface area contributed by atoms with Crippen LogP contribution in [0.5, 0.6) is 0 Å². The Morgan fingerprint density at radius 3 is 2.50 bits per heavy atom. The van der Waals surface area contributed by atoms with E-state index in [1.54, 1.807) is 12.1 Å². The highest BCUT2D eigenvalue weighted by molar-refractivity contribution is 7.20. The van der Waals surface area contributed by atoms with Crippen molar-refractivity contribution in [2.45, 2.75) is 19.5 Å². The molecule has 0 radical (unpaired) electrons. The van der Waals surface area contributed by atoms with Crippen molar-refractivity contribution in [3.05, 3.63) is 55.9 Å². The van der Waals surface area contributed by atoms with E-state index in [4.69, 9.17) is 23.2 Å². The van der Waals surface area contributed by atoms with Gasteiger partial charge < -0.3 is 5.32 Å². The summed E-state index contributed by atoms with van der Waals surface area (Å²) in [6.07, 6.45) is 0. The van der Waals surface area contributed by atoms with Gasteiger partial charge in [-0.15, -0.1) is 11.3 Å². The molecule has 0 fully saturated rings. The molecule has 0 spiro atoms. The molecule has 1 nitrogen and oxygen atoms in total. The van der Waals surface area contributed by atoms with Crippen molar-refractivity contribution in [2.24, 2.45) is 0 Å². The Kier molecular flexibility index (Phi) is 4.62. The maximum Gasteiger partial charge on any atom is 0.123 e. The van der Waals surface area contributed by atoms with Crippen LogP contribution in [0.4, 0.5) is 4.39 Å². The van der Waals surface area contributed by atoms with E-state index in [2.05, 4.69) is 5.32 Å². The van der Waals surface area contributed by atoms with Crippen LogP contribution in [0.25, 0.3) is 0 Å². The highest BCUT2D eigenvalue weighted by Crippen LogP contribution is 2.34. The fraction of sp³-hybridized carbons (Fsp3) is 0.231. The summed E-state index contributed by atoms with van der Waals surface area (Å²) in [5, 5.41) is 3.33. The molecule has 18 heavy (non-hydrogen) atoms. The summed E-state index contributed by atoms with van der Waals surface area (Å²) in [4.78, 5) is 0. The molecule has 1 aromatic heterocycles. The van der Waals surface area contributed by atoms with Crippen LogP contribution in [0.3, 0.4) is 0 Å². The van der Waals surface area contributed by atoms with Crippen LogP contribution < -0.4 is 5.32 Å². The summed E-state index contributed by atoms with van der Waals surface area (Å²) in [5.41, 5.74) is 2.02. The van der Waals surface area contributed by atoms with Crippen LogP contribution in [-0.2, 0) is 6.54 Å². The second-order valence-electron chi connectivity index (χ2n) is 4.01. The number of hydrogen-bond acceptors (Lipinski definition) is 2. The number of rotatable bonds is 4. The van der Waals surface area contributed by atoms with Crippen molar-refractivity contribution in [2.75, 3.05) is 0 Å². The first kappa shape index (κ1) is 13.8. The zero-order chi connectivity index (χ0) is 13.1. The van der Waals surface area contributed by atoms with Gasteiger partial charge in [0.25, 0.3) is 0 Å². The van der Waals surface area contributed by atoms with E-state index in [-0.39, 0.29) is 11.9 Å². The Hall–Kier alpha value is -0.610. The van der Waals surface area contributed by atoms with Gasteiger partial charge in [0, 0.05) is 12.6 Å². The van der Waals surface area contributed by atoms with Crippen molar-refractivity contribution in [1.82, 2.24) is 5.32 Å². The van der Waals surface area contributed by atoms with Gasteiger partial charge in [0.2, 0.25) is 0 Å². The first-order chi connectivity index (χ1) is 8.56. The maximum atomic E-state index is 12.8. The van der Waals surface area contributed by atoms with Gasteiger partial charge in [0.15, 0.2) is 0 Å². The Bertz CT molecular complexity index is 524. The summed E-state index contributed by atoms with van der Waals surface area (Å²) >= 11 is 13.4. The SMILES string of the molecule is CC(NCc1ccc(F)cc1)c1cc(Cl)sc1Cl. The molecule has 2 rings (SSSR count). The first-order valence-corrected chi connectivity index (χ1v) is 7.06. The molecule has 0 saturated heterocycles. The van der Waals surface area contributed by atoms with Crippen LogP contribution in [-0.4, -0.2) is 0 Å². The Balaban J connectivity index is 1.98. The quantitative estimate of drug-likeness (QED) is 0.834. The fourth-order valence-electron chi connectivity index (χ4n) is 1.63. The summed E-state index contributed by atoms with van der Waals surface area (Å²) in [6, 6.07) is 8.41. The Labute approximate surface area is 120 Å². The first-order valence-electron chi connectivity index (χ1n) is 5.49. The van der Waals surface area contributed by atoms with Gasteiger partial charge in [-0.2, -0.15) is 0 Å². The molecular weight excluding hydrogens is 292 g/mol. The Morgan fingerprint density at radius 1 is 1.28 bits per heavy atom. The highest BCUT2D eigenvalue weighted by atomic mass is 35.5. The van der Waals surface area contributed by atoms with Crippen molar-refractivity contribution < 1.29 is 4.39 Å². The van der Waals surface area contributed by atoms with Gasteiger partial charge in [-0.25, -0.2) is 4.39 Å². The van der Waals surface area contributed by atoms with E-state index >= 15 is 0 Å². The molecule has 1 aromatic carbocycles. The molecule has 96 valence electrons. The van der Waals surface area contributed by atoms with E-state index in [0.717, 1.165) is 11.1 Å². The summed E-state index contributed by atoms with van der Waals surface area (Å²) in [6.45, 7) is 2.68. The maximum absolute atomic E-state index is 12.8. The largest absolute Gasteiger partial charge is 0.306 e. The minimum atomic E-state index is -0.223. The van der Waals surface area contributed by atoms with Crippen molar-refractivity contribution in [3.63, 3.8) is 0 Å². The van der Waals surface area contributed by atoms with E-state index < -0.39 is 0 Å². The third-order valence-electron chi connectivity index (χ3n) is 2.68. The van der Waals surface area contributed by atoms with Crippen molar-refractivity contribution in [1.29, 1.82) is 0 Å². The van der Waals surface area contributed by atoms with Gasteiger partial charge in [0.1, 0.15) is 5.82 Å². The van der Waals surface area contributed by atoms with Crippen LogP contribution in [0.2, 0.25) is 8.67 Å². The predicted octanol–water partition coefficient (Wildman–Crippen LogP) is 5.04. The van der Waals surface area contributed by atoms with Crippen molar-refractivity contribution in [3.8, 4) is 0 Å². The molecule has 0 aliphatic rings. The monoisotopic (exact) mass is 303 g/mol. The number of halogens is 3. The normalized spacial score (nSPS) is 12.7. The minimum Gasteiger partial charge on any atom is -0.306 e. The lowest BCUT2D eigenvalue weighted by Gasteiger charge is -2.13. The van der Waals surface area contributed by atoms with Gasteiger partial charge in [-0.05, 0) is 36.2 Å². The van der Waals surface area contributed by atoms with Gasteiger partial charge in [-0.3, -0.25) is 0 Å². The average molecular weight is 304 g/mol. The van der Waals surface area contributed by atoms with E-state index in [0.29, 0.717) is 15.2 Å².